The Labute approximate surface area is 208 Å². The Bertz CT molecular complexity index is 1100. The molecular formula is C30H33ClN2O. The summed E-state index contributed by atoms with van der Waals surface area (Å²) in [6.45, 7) is 6.09. The third-order valence-corrected chi connectivity index (χ3v) is 8.31. The van der Waals surface area contributed by atoms with E-state index in [1.165, 1.54) is 24.0 Å². The van der Waals surface area contributed by atoms with Crippen molar-refractivity contribution >= 4 is 17.5 Å². The maximum Gasteiger partial charge on any atom is 0.255 e. The van der Waals surface area contributed by atoms with Gasteiger partial charge in [0.1, 0.15) is 0 Å². The van der Waals surface area contributed by atoms with Crippen molar-refractivity contribution in [3.63, 3.8) is 0 Å². The minimum atomic E-state index is 0.0454. The van der Waals surface area contributed by atoms with Gasteiger partial charge in [-0.3, -0.25) is 4.79 Å². The Morgan fingerprint density at radius 3 is 2.06 bits per heavy atom. The van der Waals surface area contributed by atoms with Gasteiger partial charge in [0.25, 0.3) is 5.91 Å². The van der Waals surface area contributed by atoms with Crippen LogP contribution in [0.2, 0.25) is 5.02 Å². The van der Waals surface area contributed by atoms with Gasteiger partial charge in [-0.05, 0) is 62.0 Å². The van der Waals surface area contributed by atoms with Crippen LogP contribution >= 0.6 is 11.6 Å². The van der Waals surface area contributed by atoms with E-state index in [0.29, 0.717) is 34.4 Å². The highest BCUT2D eigenvalue weighted by Gasteiger charge is 2.41. The van der Waals surface area contributed by atoms with E-state index in [9.17, 15) is 4.79 Å². The van der Waals surface area contributed by atoms with E-state index in [0.717, 1.165) is 26.2 Å². The number of benzene rings is 3. The van der Waals surface area contributed by atoms with Crippen LogP contribution in [-0.4, -0.2) is 47.9 Å². The number of hydrogen-bond donors (Lipinski definition) is 0. The molecule has 3 aromatic rings. The quantitative estimate of drug-likeness (QED) is 0.425. The van der Waals surface area contributed by atoms with E-state index < -0.39 is 0 Å². The molecule has 0 spiro atoms. The SMILES string of the molecule is CC(C1CN(C(=O)c2ccccc2Cl)CC1c1ccccc1)N1CCC(c2ccccc2)CC1. The molecule has 34 heavy (non-hydrogen) atoms. The molecule has 3 nitrogen and oxygen atoms in total. The third kappa shape index (κ3) is 4.78. The number of carbonyl (C=O) groups excluding carboxylic acids is 1. The molecular weight excluding hydrogens is 440 g/mol. The second-order valence-electron chi connectivity index (χ2n) is 9.83. The molecule has 2 aliphatic rings. The van der Waals surface area contributed by atoms with Crippen LogP contribution < -0.4 is 0 Å². The topological polar surface area (TPSA) is 23.6 Å². The molecule has 2 fully saturated rings. The summed E-state index contributed by atoms with van der Waals surface area (Å²) in [5.41, 5.74) is 3.40. The Kier molecular flexibility index (Phi) is 7.03. The van der Waals surface area contributed by atoms with Gasteiger partial charge in [-0.25, -0.2) is 0 Å². The smallest absolute Gasteiger partial charge is 0.255 e. The molecule has 5 rings (SSSR count). The number of piperidine rings is 1. The largest absolute Gasteiger partial charge is 0.338 e. The molecule has 0 aromatic heterocycles. The van der Waals surface area contributed by atoms with Crippen molar-refractivity contribution in [2.75, 3.05) is 26.2 Å². The van der Waals surface area contributed by atoms with Crippen molar-refractivity contribution in [1.82, 2.24) is 9.80 Å². The Morgan fingerprint density at radius 2 is 1.41 bits per heavy atom. The van der Waals surface area contributed by atoms with Crippen molar-refractivity contribution in [2.45, 2.75) is 37.6 Å². The summed E-state index contributed by atoms with van der Waals surface area (Å²) in [5.74, 6) is 1.41. The predicted octanol–water partition coefficient (Wildman–Crippen LogP) is 6.46. The van der Waals surface area contributed by atoms with Crippen LogP contribution in [0.4, 0.5) is 0 Å². The van der Waals surface area contributed by atoms with E-state index in [1.54, 1.807) is 6.07 Å². The van der Waals surface area contributed by atoms with Gasteiger partial charge in [-0.1, -0.05) is 84.4 Å². The van der Waals surface area contributed by atoms with Crippen LogP contribution in [0.25, 0.3) is 0 Å². The van der Waals surface area contributed by atoms with Crippen molar-refractivity contribution in [3.05, 3.63) is 107 Å². The number of likely N-dealkylation sites (tertiary alicyclic amines) is 2. The van der Waals surface area contributed by atoms with Gasteiger partial charge >= 0.3 is 0 Å². The number of rotatable bonds is 5. The van der Waals surface area contributed by atoms with Crippen LogP contribution in [0.15, 0.2) is 84.9 Å². The summed E-state index contributed by atoms with van der Waals surface area (Å²) < 4.78 is 0. The average Bonchev–Trinajstić information content (AvgIpc) is 3.35. The third-order valence-electron chi connectivity index (χ3n) is 7.98. The Hall–Kier alpha value is -2.62. The molecule has 2 heterocycles. The molecule has 2 saturated heterocycles. The summed E-state index contributed by atoms with van der Waals surface area (Å²) in [6.07, 6.45) is 2.39. The summed E-state index contributed by atoms with van der Waals surface area (Å²) >= 11 is 6.38. The zero-order valence-corrected chi connectivity index (χ0v) is 20.6. The lowest BCUT2D eigenvalue weighted by atomic mass is 9.82. The highest BCUT2D eigenvalue weighted by atomic mass is 35.5. The highest BCUT2D eigenvalue weighted by molar-refractivity contribution is 6.33. The lowest BCUT2D eigenvalue weighted by Crippen LogP contribution is -2.45. The molecule has 0 saturated carbocycles. The number of halogens is 1. The summed E-state index contributed by atoms with van der Waals surface area (Å²) in [7, 11) is 0. The van der Waals surface area contributed by atoms with Crippen molar-refractivity contribution in [3.8, 4) is 0 Å². The monoisotopic (exact) mass is 472 g/mol. The van der Waals surface area contributed by atoms with Crippen LogP contribution in [0.1, 0.15) is 53.1 Å². The average molecular weight is 473 g/mol. The fourth-order valence-electron chi connectivity index (χ4n) is 5.98. The first-order chi connectivity index (χ1) is 16.6. The van der Waals surface area contributed by atoms with Gasteiger partial charge in [0.2, 0.25) is 0 Å². The first-order valence-corrected chi connectivity index (χ1v) is 12.9. The molecule has 0 aliphatic carbocycles. The first-order valence-electron chi connectivity index (χ1n) is 12.5. The molecule has 4 heteroatoms. The predicted molar refractivity (Wildman–Crippen MR) is 139 cm³/mol. The number of carbonyl (C=O) groups is 1. The van der Waals surface area contributed by atoms with Gasteiger partial charge in [-0.15, -0.1) is 0 Å². The molecule has 1 amide bonds. The molecule has 176 valence electrons. The van der Waals surface area contributed by atoms with E-state index in [-0.39, 0.29) is 5.91 Å². The Balaban J connectivity index is 1.33. The lowest BCUT2D eigenvalue weighted by molar-refractivity contribution is 0.0765. The van der Waals surface area contributed by atoms with Gasteiger partial charge in [0.15, 0.2) is 0 Å². The molecule has 0 N–H and O–H groups in total. The van der Waals surface area contributed by atoms with E-state index in [2.05, 4.69) is 72.5 Å². The van der Waals surface area contributed by atoms with Crippen molar-refractivity contribution in [2.24, 2.45) is 5.92 Å². The minimum Gasteiger partial charge on any atom is -0.338 e. The van der Waals surface area contributed by atoms with Gasteiger partial charge in [0.05, 0.1) is 10.6 Å². The fourth-order valence-corrected chi connectivity index (χ4v) is 6.19. The van der Waals surface area contributed by atoms with E-state index >= 15 is 0 Å². The molecule has 3 unspecified atom stereocenters. The van der Waals surface area contributed by atoms with Crippen molar-refractivity contribution in [1.29, 1.82) is 0 Å². The minimum absolute atomic E-state index is 0.0454. The zero-order valence-electron chi connectivity index (χ0n) is 19.8. The summed E-state index contributed by atoms with van der Waals surface area (Å²) in [6, 6.07) is 29.5. The van der Waals surface area contributed by atoms with Crippen LogP contribution in [0.3, 0.4) is 0 Å². The van der Waals surface area contributed by atoms with Gasteiger partial charge in [0, 0.05) is 31.0 Å². The normalized spacial score (nSPS) is 22.6. The van der Waals surface area contributed by atoms with E-state index in [1.807, 2.05) is 23.1 Å². The van der Waals surface area contributed by atoms with Crippen LogP contribution in [0.5, 0.6) is 0 Å². The maximum atomic E-state index is 13.4. The van der Waals surface area contributed by atoms with Crippen molar-refractivity contribution < 1.29 is 4.79 Å². The number of nitrogens with zero attached hydrogens (tertiary/aromatic N) is 2. The van der Waals surface area contributed by atoms with Crippen LogP contribution in [-0.2, 0) is 0 Å². The Morgan fingerprint density at radius 1 is 0.824 bits per heavy atom. The summed E-state index contributed by atoms with van der Waals surface area (Å²) in [4.78, 5) is 18.1. The van der Waals surface area contributed by atoms with Crippen LogP contribution in [0, 0.1) is 5.92 Å². The lowest BCUT2D eigenvalue weighted by Gasteiger charge is -2.40. The molecule has 2 aliphatic heterocycles. The summed E-state index contributed by atoms with van der Waals surface area (Å²) in [5, 5.41) is 0.531. The second-order valence-corrected chi connectivity index (χ2v) is 10.2. The second kappa shape index (κ2) is 10.3. The number of amides is 1. The van der Waals surface area contributed by atoms with Gasteiger partial charge < -0.3 is 9.80 Å². The standard InChI is InChI=1S/C30H33ClN2O/c1-22(32-18-16-24(17-19-32)23-10-4-2-5-11-23)27-20-33(21-28(27)25-12-6-3-7-13-25)30(34)26-14-8-9-15-29(26)31/h2-15,22,24,27-28H,16-21H2,1H3. The van der Waals surface area contributed by atoms with E-state index in [4.69, 9.17) is 11.6 Å². The molecule has 0 radical (unpaired) electrons. The highest BCUT2D eigenvalue weighted by Crippen LogP contribution is 2.39. The zero-order chi connectivity index (χ0) is 23.5. The maximum absolute atomic E-state index is 13.4. The fraction of sp³-hybridized carbons (Fsp3) is 0.367. The number of hydrogen-bond acceptors (Lipinski definition) is 2. The molecule has 3 aromatic carbocycles. The first kappa shape index (κ1) is 23.1. The van der Waals surface area contributed by atoms with Gasteiger partial charge in [-0.2, -0.15) is 0 Å². The molecule has 3 atom stereocenters. The molecule has 0 bridgehead atoms.